The summed E-state index contributed by atoms with van der Waals surface area (Å²) in [5, 5.41) is 3.56. The van der Waals surface area contributed by atoms with Crippen molar-refractivity contribution in [2.24, 2.45) is 5.92 Å². The molecule has 0 spiro atoms. The van der Waals surface area contributed by atoms with Crippen molar-refractivity contribution in [2.75, 3.05) is 20.2 Å². The van der Waals surface area contributed by atoms with E-state index in [0.717, 1.165) is 31.5 Å². The smallest absolute Gasteiger partial charge is 0.123 e. The molecule has 3 heteroatoms. The average Bonchev–Trinajstić information content (AvgIpc) is 3.29. The number of ether oxygens (including phenoxy) is 1. The van der Waals surface area contributed by atoms with Gasteiger partial charge in [-0.3, -0.25) is 0 Å². The van der Waals surface area contributed by atoms with Crippen LogP contribution >= 0.6 is 0 Å². The van der Waals surface area contributed by atoms with E-state index in [-0.39, 0.29) is 0 Å². The molecule has 0 radical (unpaired) electrons. The lowest BCUT2D eigenvalue weighted by Crippen LogP contribution is -2.36. The Labute approximate surface area is 129 Å². The van der Waals surface area contributed by atoms with E-state index in [9.17, 15) is 0 Å². The first kappa shape index (κ1) is 16.3. The normalized spacial score (nSPS) is 16.5. The summed E-state index contributed by atoms with van der Waals surface area (Å²) < 4.78 is 6.01. The van der Waals surface area contributed by atoms with Crippen LogP contribution in [0.3, 0.4) is 0 Å². The number of para-hydroxylation sites is 1. The fourth-order valence-electron chi connectivity index (χ4n) is 2.34. The number of hydrogen-bond acceptors (Lipinski definition) is 3. The first-order valence-corrected chi connectivity index (χ1v) is 8.22. The summed E-state index contributed by atoms with van der Waals surface area (Å²) >= 11 is 0. The SMILES string of the molecule is CC(C)C(C)N(C)CCOc1ccccc1CNC1CC1. The van der Waals surface area contributed by atoms with E-state index >= 15 is 0 Å². The third kappa shape index (κ3) is 5.33. The van der Waals surface area contributed by atoms with E-state index in [1.165, 1.54) is 18.4 Å². The highest BCUT2D eigenvalue weighted by atomic mass is 16.5. The zero-order valence-corrected chi connectivity index (χ0v) is 13.9. The first-order chi connectivity index (χ1) is 10.1. The van der Waals surface area contributed by atoms with Crippen molar-refractivity contribution in [3.8, 4) is 5.75 Å². The summed E-state index contributed by atoms with van der Waals surface area (Å²) in [6.07, 6.45) is 2.64. The Hall–Kier alpha value is -1.06. The molecule has 0 bridgehead atoms. The van der Waals surface area contributed by atoms with Gasteiger partial charge < -0.3 is 15.0 Å². The second kappa shape index (κ2) is 7.81. The second-order valence-electron chi connectivity index (χ2n) is 6.58. The largest absolute Gasteiger partial charge is 0.492 e. The molecule has 2 rings (SSSR count). The number of likely N-dealkylation sites (N-methyl/N-ethyl adjacent to an activating group) is 1. The summed E-state index contributed by atoms with van der Waals surface area (Å²) in [4.78, 5) is 2.37. The third-order valence-corrected chi connectivity index (χ3v) is 4.49. The lowest BCUT2D eigenvalue weighted by atomic mass is 10.1. The van der Waals surface area contributed by atoms with Crippen LogP contribution in [0.15, 0.2) is 24.3 Å². The van der Waals surface area contributed by atoms with E-state index < -0.39 is 0 Å². The predicted molar refractivity (Wildman–Crippen MR) is 88.7 cm³/mol. The predicted octanol–water partition coefficient (Wildman–Crippen LogP) is 3.29. The molecule has 118 valence electrons. The number of nitrogens with zero attached hydrogens (tertiary/aromatic N) is 1. The van der Waals surface area contributed by atoms with Crippen LogP contribution in [-0.4, -0.2) is 37.2 Å². The Kier molecular flexibility index (Phi) is 6.07. The zero-order chi connectivity index (χ0) is 15.2. The van der Waals surface area contributed by atoms with E-state index in [4.69, 9.17) is 4.74 Å². The van der Waals surface area contributed by atoms with E-state index in [0.29, 0.717) is 12.0 Å². The van der Waals surface area contributed by atoms with Crippen LogP contribution in [0.1, 0.15) is 39.2 Å². The lowest BCUT2D eigenvalue weighted by Gasteiger charge is -2.27. The minimum Gasteiger partial charge on any atom is -0.492 e. The minimum atomic E-state index is 0.584. The van der Waals surface area contributed by atoms with Gasteiger partial charge in [0.25, 0.3) is 0 Å². The van der Waals surface area contributed by atoms with Crippen LogP contribution < -0.4 is 10.1 Å². The topological polar surface area (TPSA) is 24.5 Å². The average molecular weight is 290 g/mol. The molecule has 0 heterocycles. The summed E-state index contributed by atoms with van der Waals surface area (Å²) in [5.41, 5.74) is 1.27. The monoisotopic (exact) mass is 290 g/mol. The molecule has 0 amide bonds. The van der Waals surface area contributed by atoms with E-state index in [1.807, 2.05) is 0 Å². The summed E-state index contributed by atoms with van der Waals surface area (Å²) in [6.45, 7) is 9.43. The van der Waals surface area contributed by atoms with Gasteiger partial charge in [-0.25, -0.2) is 0 Å². The van der Waals surface area contributed by atoms with Gasteiger partial charge in [0.1, 0.15) is 12.4 Å². The van der Waals surface area contributed by atoms with Gasteiger partial charge in [0.15, 0.2) is 0 Å². The van der Waals surface area contributed by atoms with Crippen molar-refractivity contribution < 1.29 is 4.74 Å². The molecule has 1 fully saturated rings. The van der Waals surface area contributed by atoms with Crippen molar-refractivity contribution in [2.45, 2.75) is 52.2 Å². The maximum Gasteiger partial charge on any atom is 0.123 e. The summed E-state index contributed by atoms with van der Waals surface area (Å²) in [6, 6.07) is 9.69. The fourth-order valence-corrected chi connectivity index (χ4v) is 2.34. The second-order valence-corrected chi connectivity index (χ2v) is 6.58. The number of rotatable bonds is 9. The van der Waals surface area contributed by atoms with Crippen LogP contribution in [-0.2, 0) is 6.54 Å². The molecular formula is C18H30N2O. The molecule has 21 heavy (non-hydrogen) atoms. The van der Waals surface area contributed by atoms with Crippen LogP contribution in [0, 0.1) is 5.92 Å². The third-order valence-electron chi connectivity index (χ3n) is 4.49. The Morgan fingerprint density at radius 3 is 2.62 bits per heavy atom. The zero-order valence-electron chi connectivity index (χ0n) is 13.9. The van der Waals surface area contributed by atoms with Crippen molar-refractivity contribution >= 4 is 0 Å². The summed E-state index contributed by atoms with van der Waals surface area (Å²) in [7, 11) is 2.18. The molecule has 1 aliphatic carbocycles. The van der Waals surface area contributed by atoms with Crippen molar-refractivity contribution in [3.63, 3.8) is 0 Å². The molecule has 1 aliphatic rings. The van der Waals surface area contributed by atoms with Gasteiger partial charge in [-0.05, 0) is 38.8 Å². The maximum absolute atomic E-state index is 6.01. The molecule has 0 aliphatic heterocycles. The van der Waals surface area contributed by atoms with Crippen LogP contribution in [0.5, 0.6) is 5.75 Å². The number of nitrogens with one attached hydrogen (secondary N) is 1. The number of benzene rings is 1. The first-order valence-electron chi connectivity index (χ1n) is 8.22. The highest BCUT2D eigenvalue weighted by Crippen LogP contribution is 2.22. The van der Waals surface area contributed by atoms with Gasteiger partial charge >= 0.3 is 0 Å². The maximum atomic E-state index is 6.01. The van der Waals surface area contributed by atoms with Gasteiger partial charge in [-0.15, -0.1) is 0 Å². The van der Waals surface area contributed by atoms with Crippen molar-refractivity contribution in [1.29, 1.82) is 0 Å². The quantitative estimate of drug-likeness (QED) is 0.755. The van der Waals surface area contributed by atoms with Crippen LogP contribution in [0.25, 0.3) is 0 Å². The van der Waals surface area contributed by atoms with Crippen molar-refractivity contribution in [3.05, 3.63) is 29.8 Å². The Morgan fingerprint density at radius 2 is 1.95 bits per heavy atom. The van der Waals surface area contributed by atoms with Gasteiger partial charge in [-0.1, -0.05) is 32.0 Å². The van der Waals surface area contributed by atoms with Crippen LogP contribution in [0.2, 0.25) is 0 Å². The van der Waals surface area contributed by atoms with Crippen molar-refractivity contribution in [1.82, 2.24) is 10.2 Å². The molecule has 1 aromatic carbocycles. The van der Waals surface area contributed by atoms with Crippen LogP contribution in [0.4, 0.5) is 0 Å². The molecule has 1 unspecified atom stereocenters. The minimum absolute atomic E-state index is 0.584. The fraction of sp³-hybridized carbons (Fsp3) is 0.667. The van der Waals surface area contributed by atoms with Gasteiger partial charge in [0, 0.05) is 30.7 Å². The van der Waals surface area contributed by atoms with Gasteiger partial charge in [-0.2, -0.15) is 0 Å². The molecule has 1 saturated carbocycles. The Morgan fingerprint density at radius 1 is 1.24 bits per heavy atom. The highest BCUT2D eigenvalue weighted by Gasteiger charge is 2.20. The van der Waals surface area contributed by atoms with E-state index in [2.05, 4.69) is 62.3 Å². The van der Waals surface area contributed by atoms with E-state index in [1.54, 1.807) is 0 Å². The Bertz CT molecular complexity index is 429. The molecule has 1 atom stereocenters. The summed E-state index contributed by atoms with van der Waals surface area (Å²) in [5.74, 6) is 1.70. The molecule has 3 nitrogen and oxygen atoms in total. The Balaban J connectivity index is 1.79. The van der Waals surface area contributed by atoms with Gasteiger partial charge in [0.2, 0.25) is 0 Å². The van der Waals surface area contributed by atoms with Gasteiger partial charge in [0.05, 0.1) is 0 Å². The molecular weight excluding hydrogens is 260 g/mol. The standard InChI is InChI=1S/C18H30N2O/c1-14(2)15(3)20(4)11-12-21-18-8-6-5-7-16(18)13-19-17-9-10-17/h5-8,14-15,17,19H,9-13H2,1-4H3. The highest BCUT2D eigenvalue weighted by molar-refractivity contribution is 5.33. The molecule has 1 aromatic rings. The molecule has 1 N–H and O–H groups in total. The molecule has 0 saturated heterocycles. The lowest BCUT2D eigenvalue weighted by molar-refractivity contribution is 0.169. The molecule has 0 aromatic heterocycles. The number of hydrogen-bond donors (Lipinski definition) is 1.